The summed E-state index contributed by atoms with van der Waals surface area (Å²) in [6.45, 7) is 4.56. The van der Waals surface area contributed by atoms with Gasteiger partial charge in [0.2, 0.25) is 0 Å². The number of rotatable bonds is 8. The molecule has 0 aliphatic rings. The van der Waals surface area contributed by atoms with Crippen molar-refractivity contribution in [3.8, 4) is 16.9 Å². The number of fused-ring (bicyclic) bond motifs is 1. The zero-order chi connectivity index (χ0) is 19.2. The van der Waals surface area contributed by atoms with Gasteiger partial charge in [0.05, 0.1) is 7.11 Å². The fourth-order valence-corrected chi connectivity index (χ4v) is 4.93. The predicted molar refractivity (Wildman–Crippen MR) is 126 cm³/mol. The predicted octanol–water partition coefficient (Wildman–Crippen LogP) is 7.81. The Kier molecular flexibility index (Phi) is 7.17. The van der Waals surface area contributed by atoms with Gasteiger partial charge >= 0.3 is 0 Å². The van der Waals surface area contributed by atoms with Gasteiger partial charge in [0.1, 0.15) is 5.75 Å². The maximum atomic E-state index is 5.54. The van der Waals surface area contributed by atoms with E-state index in [2.05, 4.69) is 85.0 Å². The molecule has 0 atom stereocenters. The highest BCUT2D eigenvalue weighted by Gasteiger charge is 2.19. The van der Waals surface area contributed by atoms with E-state index in [1.54, 1.807) is 18.2 Å². The minimum absolute atomic E-state index is 0.933. The molecule has 142 valence electrons. The molecule has 0 N–H and O–H groups in total. The summed E-state index contributed by atoms with van der Waals surface area (Å²) >= 11 is 2.55. The zero-order valence-corrected chi connectivity index (χ0v) is 18.8. The van der Waals surface area contributed by atoms with Gasteiger partial charge in [-0.05, 0) is 93.4 Å². The summed E-state index contributed by atoms with van der Waals surface area (Å²) in [6, 6.07) is 17.5. The first kappa shape index (κ1) is 20.2. The average molecular weight is 472 g/mol. The lowest BCUT2D eigenvalue weighted by atomic mass is 9.86. The molecule has 3 aromatic rings. The van der Waals surface area contributed by atoms with Gasteiger partial charge in [0.15, 0.2) is 0 Å². The van der Waals surface area contributed by atoms with Crippen molar-refractivity contribution in [1.29, 1.82) is 0 Å². The van der Waals surface area contributed by atoms with Crippen molar-refractivity contribution in [2.75, 3.05) is 7.11 Å². The molecule has 0 saturated carbocycles. The second-order valence-corrected chi connectivity index (χ2v) is 8.21. The average Bonchev–Trinajstić information content (AvgIpc) is 2.72. The molecule has 0 radical (unpaired) electrons. The second-order valence-electron chi connectivity index (χ2n) is 7.13. The van der Waals surface area contributed by atoms with E-state index in [-0.39, 0.29) is 0 Å². The van der Waals surface area contributed by atoms with Crippen LogP contribution in [-0.2, 0) is 12.8 Å². The lowest BCUT2D eigenvalue weighted by Crippen LogP contribution is -2.03. The van der Waals surface area contributed by atoms with Gasteiger partial charge in [0, 0.05) is 3.57 Å². The van der Waals surface area contributed by atoms with Gasteiger partial charge in [-0.1, -0.05) is 63.1 Å². The van der Waals surface area contributed by atoms with Gasteiger partial charge in [0.25, 0.3) is 0 Å². The Bertz CT molecular complexity index is 899. The van der Waals surface area contributed by atoms with Crippen LogP contribution in [0.5, 0.6) is 5.75 Å². The Labute approximate surface area is 177 Å². The summed E-state index contributed by atoms with van der Waals surface area (Å²) in [5.41, 5.74) is 5.85. The van der Waals surface area contributed by atoms with Crippen molar-refractivity contribution in [2.45, 2.75) is 52.4 Å². The Morgan fingerprint density at radius 3 is 2.11 bits per heavy atom. The minimum atomic E-state index is 0.933. The number of aryl methyl sites for hydroxylation is 1. The maximum Gasteiger partial charge on any atom is 0.119 e. The van der Waals surface area contributed by atoms with E-state index in [4.69, 9.17) is 4.74 Å². The molecular formula is C25H29IO. The number of hydrogen-bond donors (Lipinski definition) is 0. The molecule has 0 aliphatic heterocycles. The van der Waals surface area contributed by atoms with Gasteiger partial charge < -0.3 is 4.74 Å². The van der Waals surface area contributed by atoms with Gasteiger partial charge in [-0.2, -0.15) is 0 Å². The van der Waals surface area contributed by atoms with Gasteiger partial charge in [-0.3, -0.25) is 0 Å². The molecule has 1 nitrogen and oxygen atoms in total. The van der Waals surface area contributed by atoms with E-state index in [0.717, 1.165) is 18.6 Å². The van der Waals surface area contributed by atoms with Crippen molar-refractivity contribution in [3.63, 3.8) is 0 Å². The van der Waals surface area contributed by atoms with Crippen LogP contribution in [-0.4, -0.2) is 7.11 Å². The topological polar surface area (TPSA) is 9.23 Å². The highest BCUT2D eigenvalue weighted by molar-refractivity contribution is 14.1. The largest absolute Gasteiger partial charge is 0.497 e. The van der Waals surface area contributed by atoms with Crippen molar-refractivity contribution in [3.05, 3.63) is 63.2 Å². The molecule has 2 heteroatoms. The lowest BCUT2D eigenvalue weighted by molar-refractivity contribution is 0.415. The smallest absolute Gasteiger partial charge is 0.119 e. The summed E-state index contributed by atoms with van der Waals surface area (Å²) < 4.78 is 6.88. The first-order valence-corrected chi connectivity index (χ1v) is 11.2. The Balaban J connectivity index is 2.35. The molecule has 0 unspecified atom stereocenters. The number of hydrogen-bond acceptors (Lipinski definition) is 1. The van der Waals surface area contributed by atoms with Crippen LogP contribution >= 0.6 is 22.6 Å². The first-order chi connectivity index (χ1) is 13.2. The number of halogens is 1. The Hall–Kier alpha value is -1.55. The molecular weight excluding hydrogens is 443 g/mol. The van der Waals surface area contributed by atoms with Crippen molar-refractivity contribution in [2.24, 2.45) is 0 Å². The maximum absolute atomic E-state index is 5.54. The van der Waals surface area contributed by atoms with Crippen LogP contribution in [0.3, 0.4) is 0 Å². The van der Waals surface area contributed by atoms with E-state index in [0.29, 0.717) is 0 Å². The summed E-state index contributed by atoms with van der Waals surface area (Å²) in [6.07, 6.45) is 7.20. The van der Waals surface area contributed by atoms with E-state index < -0.39 is 0 Å². The molecule has 0 aromatic heterocycles. The summed E-state index contributed by atoms with van der Waals surface area (Å²) in [7, 11) is 1.75. The van der Waals surface area contributed by atoms with Gasteiger partial charge in [-0.15, -0.1) is 0 Å². The van der Waals surface area contributed by atoms with Crippen molar-refractivity contribution < 1.29 is 4.74 Å². The van der Waals surface area contributed by atoms with E-state index in [1.165, 1.54) is 51.2 Å². The van der Waals surface area contributed by atoms with E-state index in [9.17, 15) is 0 Å². The van der Waals surface area contributed by atoms with Crippen LogP contribution in [0, 0.1) is 3.57 Å². The summed E-state index contributed by atoms with van der Waals surface area (Å²) in [5, 5.41) is 2.72. The second kappa shape index (κ2) is 9.59. The van der Waals surface area contributed by atoms with Crippen molar-refractivity contribution >= 4 is 33.4 Å². The molecule has 0 spiro atoms. The summed E-state index contributed by atoms with van der Waals surface area (Å²) in [4.78, 5) is 0. The van der Waals surface area contributed by atoms with Crippen LogP contribution < -0.4 is 4.74 Å². The van der Waals surface area contributed by atoms with Crippen LogP contribution in [0.2, 0.25) is 0 Å². The summed E-state index contributed by atoms with van der Waals surface area (Å²) in [5.74, 6) is 0.933. The Morgan fingerprint density at radius 1 is 0.815 bits per heavy atom. The number of methoxy groups -OCH3 is 1. The number of benzene rings is 3. The molecule has 0 saturated heterocycles. The first-order valence-electron chi connectivity index (χ1n) is 10.1. The SMILES string of the molecule is CCCCc1c(-c2ccccc2)c(I)c2cc(OC)ccc2c1CCCC. The third-order valence-electron chi connectivity index (χ3n) is 5.30. The number of ether oxygens (including phenoxy) is 1. The van der Waals surface area contributed by atoms with Crippen LogP contribution in [0.15, 0.2) is 48.5 Å². The van der Waals surface area contributed by atoms with Crippen LogP contribution in [0.4, 0.5) is 0 Å². The van der Waals surface area contributed by atoms with E-state index in [1.807, 2.05) is 0 Å². The minimum Gasteiger partial charge on any atom is -0.497 e. The standard InChI is InChI=1S/C25H29IO/c1-4-6-13-20-21-16-15-19(27-3)17-23(21)25(26)24(22(20)14-7-5-2)18-11-9-8-10-12-18/h8-12,15-17H,4-7,13-14H2,1-3H3. The van der Waals surface area contributed by atoms with Crippen LogP contribution in [0.25, 0.3) is 21.9 Å². The third-order valence-corrected chi connectivity index (χ3v) is 6.42. The number of unbranched alkanes of at least 4 members (excludes halogenated alkanes) is 2. The quantitative estimate of drug-likeness (QED) is 0.304. The molecule has 3 aromatic carbocycles. The van der Waals surface area contributed by atoms with Crippen molar-refractivity contribution in [1.82, 2.24) is 0 Å². The molecule has 0 amide bonds. The van der Waals surface area contributed by atoms with Gasteiger partial charge in [-0.25, -0.2) is 0 Å². The van der Waals surface area contributed by atoms with Crippen LogP contribution in [0.1, 0.15) is 50.7 Å². The fraction of sp³-hybridized carbons (Fsp3) is 0.360. The zero-order valence-electron chi connectivity index (χ0n) is 16.6. The molecule has 0 heterocycles. The monoisotopic (exact) mass is 472 g/mol. The molecule has 0 bridgehead atoms. The molecule has 0 aliphatic carbocycles. The molecule has 3 rings (SSSR count). The Morgan fingerprint density at radius 2 is 1.48 bits per heavy atom. The lowest BCUT2D eigenvalue weighted by Gasteiger charge is -2.21. The highest BCUT2D eigenvalue weighted by Crippen LogP contribution is 2.40. The highest BCUT2D eigenvalue weighted by atomic mass is 127. The molecule has 27 heavy (non-hydrogen) atoms. The fourth-order valence-electron chi connectivity index (χ4n) is 3.85. The van der Waals surface area contributed by atoms with E-state index >= 15 is 0 Å². The third kappa shape index (κ3) is 4.31. The molecule has 0 fully saturated rings. The normalized spacial score (nSPS) is 11.1.